The molecule has 7 heteroatoms. The molecule has 1 aliphatic heterocycles. The molecular formula is C10H16N4O2S. The lowest BCUT2D eigenvalue weighted by molar-refractivity contribution is 0.287. The van der Waals surface area contributed by atoms with E-state index < -0.39 is 10.0 Å². The lowest BCUT2D eigenvalue weighted by Gasteiger charge is -2.28. The first-order valence-corrected chi connectivity index (χ1v) is 6.95. The maximum Gasteiger partial charge on any atom is 0.238 e. The first-order chi connectivity index (χ1) is 8.05. The second-order valence-electron chi connectivity index (χ2n) is 3.92. The maximum atomic E-state index is 11.1. The highest BCUT2D eigenvalue weighted by Gasteiger charge is 2.10. The quantitative estimate of drug-likeness (QED) is 0.683. The smallest absolute Gasteiger partial charge is 0.238 e. The fourth-order valence-corrected chi connectivity index (χ4v) is 2.19. The van der Waals surface area contributed by atoms with E-state index in [9.17, 15) is 8.42 Å². The van der Waals surface area contributed by atoms with Crippen molar-refractivity contribution in [2.75, 3.05) is 31.6 Å². The van der Waals surface area contributed by atoms with Gasteiger partial charge in [-0.2, -0.15) is 0 Å². The molecule has 0 amide bonds. The highest BCUT2D eigenvalue weighted by atomic mass is 32.2. The van der Waals surface area contributed by atoms with Gasteiger partial charge >= 0.3 is 0 Å². The fraction of sp³-hybridized carbons (Fsp3) is 0.400. The van der Waals surface area contributed by atoms with Crippen LogP contribution in [0, 0.1) is 0 Å². The number of rotatable bonds is 3. The molecule has 1 aliphatic rings. The fourth-order valence-electron chi connectivity index (χ4n) is 1.68. The SMILES string of the molecule is NS(=O)(=O)c1ccc(NN2CCNCC2)cc1. The van der Waals surface area contributed by atoms with Gasteiger partial charge in [0.25, 0.3) is 0 Å². The second kappa shape index (κ2) is 5.01. The predicted octanol–water partition coefficient (Wildman–Crippen LogP) is -0.434. The van der Waals surface area contributed by atoms with Gasteiger partial charge in [-0.1, -0.05) is 0 Å². The molecule has 1 saturated heterocycles. The van der Waals surface area contributed by atoms with E-state index in [0.29, 0.717) is 0 Å². The van der Waals surface area contributed by atoms with Gasteiger partial charge in [0.1, 0.15) is 0 Å². The van der Waals surface area contributed by atoms with Crippen LogP contribution in [-0.4, -0.2) is 39.6 Å². The Morgan fingerprint density at radius 1 is 1.18 bits per heavy atom. The third-order valence-electron chi connectivity index (χ3n) is 2.59. The lowest BCUT2D eigenvalue weighted by atomic mass is 10.3. The van der Waals surface area contributed by atoms with Crippen LogP contribution in [-0.2, 0) is 10.0 Å². The van der Waals surface area contributed by atoms with Crippen molar-refractivity contribution in [3.05, 3.63) is 24.3 Å². The molecule has 0 unspecified atom stereocenters. The van der Waals surface area contributed by atoms with E-state index in [4.69, 9.17) is 5.14 Å². The topological polar surface area (TPSA) is 87.5 Å². The molecule has 0 bridgehead atoms. The summed E-state index contributed by atoms with van der Waals surface area (Å²) < 4.78 is 22.1. The van der Waals surface area contributed by atoms with Crippen molar-refractivity contribution in [3.63, 3.8) is 0 Å². The summed E-state index contributed by atoms with van der Waals surface area (Å²) in [6, 6.07) is 6.42. The number of nitrogens with zero attached hydrogens (tertiary/aromatic N) is 1. The molecule has 6 nitrogen and oxygen atoms in total. The highest BCUT2D eigenvalue weighted by molar-refractivity contribution is 7.89. The Balaban J connectivity index is 2.03. The third-order valence-corrected chi connectivity index (χ3v) is 3.52. The van der Waals surface area contributed by atoms with E-state index in [2.05, 4.69) is 15.8 Å². The van der Waals surface area contributed by atoms with Gasteiger partial charge in [-0.05, 0) is 24.3 Å². The Labute approximate surface area is 101 Å². The monoisotopic (exact) mass is 256 g/mol. The molecule has 1 heterocycles. The van der Waals surface area contributed by atoms with Crippen LogP contribution in [0.3, 0.4) is 0 Å². The van der Waals surface area contributed by atoms with Crippen LogP contribution in [0.2, 0.25) is 0 Å². The molecule has 0 spiro atoms. The Morgan fingerprint density at radius 3 is 2.29 bits per heavy atom. The summed E-state index contributed by atoms with van der Waals surface area (Å²) in [4.78, 5) is 0.128. The number of hydrazine groups is 1. The summed E-state index contributed by atoms with van der Waals surface area (Å²) in [5.41, 5.74) is 4.08. The van der Waals surface area contributed by atoms with Crippen LogP contribution in [0.4, 0.5) is 5.69 Å². The average Bonchev–Trinajstić information content (AvgIpc) is 2.30. The van der Waals surface area contributed by atoms with Gasteiger partial charge in [0.05, 0.1) is 4.90 Å². The molecule has 0 saturated carbocycles. The molecule has 1 aromatic carbocycles. The molecule has 0 atom stereocenters. The van der Waals surface area contributed by atoms with Gasteiger partial charge in [-0.3, -0.25) is 0 Å². The number of piperazine rings is 1. The van der Waals surface area contributed by atoms with Crippen LogP contribution in [0.25, 0.3) is 0 Å². The van der Waals surface area contributed by atoms with Crippen LogP contribution >= 0.6 is 0 Å². The summed E-state index contributed by atoms with van der Waals surface area (Å²) in [5.74, 6) is 0. The van der Waals surface area contributed by atoms with Crippen LogP contribution in [0.1, 0.15) is 0 Å². The van der Waals surface area contributed by atoms with E-state index in [-0.39, 0.29) is 4.90 Å². The van der Waals surface area contributed by atoms with Gasteiger partial charge in [0.2, 0.25) is 10.0 Å². The van der Waals surface area contributed by atoms with E-state index in [0.717, 1.165) is 31.9 Å². The Hall–Kier alpha value is -1.15. The van der Waals surface area contributed by atoms with E-state index in [1.54, 1.807) is 12.1 Å². The van der Waals surface area contributed by atoms with Crippen molar-refractivity contribution < 1.29 is 8.42 Å². The number of sulfonamides is 1. The van der Waals surface area contributed by atoms with Gasteiger partial charge < -0.3 is 10.7 Å². The minimum atomic E-state index is -3.60. The summed E-state index contributed by atoms with van der Waals surface area (Å²) in [6.07, 6.45) is 0. The van der Waals surface area contributed by atoms with Gasteiger partial charge in [-0.15, -0.1) is 0 Å². The third kappa shape index (κ3) is 3.40. The van der Waals surface area contributed by atoms with Gasteiger partial charge in [0, 0.05) is 31.9 Å². The Morgan fingerprint density at radius 2 is 1.76 bits per heavy atom. The van der Waals surface area contributed by atoms with Crippen molar-refractivity contribution >= 4 is 15.7 Å². The zero-order chi connectivity index (χ0) is 12.3. The zero-order valence-electron chi connectivity index (χ0n) is 9.39. The summed E-state index contributed by atoms with van der Waals surface area (Å²) in [6.45, 7) is 3.72. The molecule has 4 N–H and O–H groups in total. The minimum Gasteiger partial charge on any atom is -0.319 e. The summed E-state index contributed by atoms with van der Waals surface area (Å²) in [7, 11) is -3.60. The maximum absolute atomic E-state index is 11.1. The molecular weight excluding hydrogens is 240 g/mol. The van der Waals surface area contributed by atoms with Gasteiger partial charge in [0.15, 0.2) is 0 Å². The molecule has 0 aromatic heterocycles. The zero-order valence-corrected chi connectivity index (χ0v) is 10.2. The second-order valence-corrected chi connectivity index (χ2v) is 5.48. The number of anilines is 1. The molecule has 17 heavy (non-hydrogen) atoms. The molecule has 2 rings (SSSR count). The first kappa shape index (κ1) is 12.3. The lowest BCUT2D eigenvalue weighted by Crippen LogP contribution is -2.46. The van der Waals surface area contributed by atoms with E-state index in [1.165, 1.54) is 12.1 Å². The largest absolute Gasteiger partial charge is 0.319 e. The number of hydrogen-bond donors (Lipinski definition) is 3. The molecule has 94 valence electrons. The number of primary sulfonamides is 1. The highest BCUT2D eigenvalue weighted by Crippen LogP contribution is 2.13. The first-order valence-electron chi connectivity index (χ1n) is 5.41. The molecule has 1 aromatic rings. The molecule has 1 fully saturated rings. The normalized spacial score (nSPS) is 17.9. The standard InChI is InChI=1S/C10H16N4O2S/c11-17(15,16)10-3-1-9(2-4-10)13-14-7-5-12-6-8-14/h1-4,12-13H,5-8H2,(H2,11,15,16). The van der Waals surface area contributed by atoms with Crippen LogP contribution in [0.15, 0.2) is 29.2 Å². The molecule has 0 radical (unpaired) electrons. The van der Waals surface area contributed by atoms with Crippen molar-refractivity contribution in [1.82, 2.24) is 10.3 Å². The Kier molecular flexibility index (Phi) is 3.63. The summed E-state index contributed by atoms with van der Waals surface area (Å²) >= 11 is 0. The number of nitrogens with one attached hydrogen (secondary N) is 2. The van der Waals surface area contributed by atoms with Crippen LogP contribution < -0.4 is 15.9 Å². The van der Waals surface area contributed by atoms with Crippen LogP contribution in [0.5, 0.6) is 0 Å². The van der Waals surface area contributed by atoms with E-state index in [1.807, 2.05) is 0 Å². The van der Waals surface area contributed by atoms with Crippen molar-refractivity contribution in [1.29, 1.82) is 0 Å². The van der Waals surface area contributed by atoms with Crippen molar-refractivity contribution in [3.8, 4) is 0 Å². The summed E-state index contributed by atoms with van der Waals surface area (Å²) in [5, 5.41) is 10.4. The number of benzene rings is 1. The minimum absolute atomic E-state index is 0.128. The van der Waals surface area contributed by atoms with Crippen molar-refractivity contribution in [2.24, 2.45) is 5.14 Å². The number of hydrogen-bond acceptors (Lipinski definition) is 5. The predicted molar refractivity (Wildman–Crippen MR) is 65.9 cm³/mol. The Bertz CT molecular complexity index is 466. The van der Waals surface area contributed by atoms with E-state index >= 15 is 0 Å². The van der Waals surface area contributed by atoms with Crippen molar-refractivity contribution in [2.45, 2.75) is 4.90 Å². The molecule has 0 aliphatic carbocycles. The number of nitrogens with two attached hydrogens (primary N) is 1. The van der Waals surface area contributed by atoms with Gasteiger partial charge in [-0.25, -0.2) is 18.6 Å². The average molecular weight is 256 g/mol.